The van der Waals surface area contributed by atoms with E-state index in [4.69, 9.17) is 4.74 Å². The normalized spacial score (nSPS) is 19.7. The van der Waals surface area contributed by atoms with Crippen molar-refractivity contribution in [1.82, 2.24) is 0 Å². The minimum absolute atomic E-state index is 0.193. The van der Waals surface area contributed by atoms with E-state index in [1.807, 2.05) is 11.0 Å². The van der Waals surface area contributed by atoms with Gasteiger partial charge in [0.05, 0.1) is 23.6 Å². The molecule has 110 valence electrons. The summed E-state index contributed by atoms with van der Waals surface area (Å²) >= 11 is 0. The zero-order valence-electron chi connectivity index (χ0n) is 11.7. The van der Waals surface area contributed by atoms with Gasteiger partial charge in [-0.1, -0.05) is 12.1 Å². The third-order valence-electron chi connectivity index (χ3n) is 3.56. The van der Waals surface area contributed by atoms with E-state index in [0.717, 1.165) is 19.4 Å². The summed E-state index contributed by atoms with van der Waals surface area (Å²) in [5, 5.41) is 0. The van der Waals surface area contributed by atoms with Crippen LogP contribution in [0.15, 0.2) is 29.2 Å². The third-order valence-corrected chi connectivity index (χ3v) is 4.71. The number of hydrogen-bond donors (Lipinski definition) is 0. The predicted octanol–water partition coefficient (Wildman–Crippen LogP) is 1.48. The highest BCUT2D eigenvalue weighted by atomic mass is 32.2. The monoisotopic (exact) mass is 297 g/mol. The number of esters is 1. The average molecular weight is 297 g/mol. The van der Waals surface area contributed by atoms with Crippen LogP contribution in [0, 0.1) is 5.92 Å². The Labute approximate surface area is 119 Å². The maximum atomic E-state index is 11.8. The molecule has 1 unspecified atom stereocenters. The van der Waals surface area contributed by atoms with E-state index in [0.29, 0.717) is 17.1 Å². The third kappa shape index (κ3) is 3.12. The molecule has 1 heterocycles. The first-order valence-electron chi connectivity index (χ1n) is 6.55. The van der Waals surface area contributed by atoms with Crippen LogP contribution in [0.5, 0.6) is 0 Å². The number of nitrogens with zero attached hydrogens (tertiary/aromatic N) is 1. The number of sulfone groups is 1. The van der Waals surface area contributed by atoms with Gasteiger partial charge in [0.1, 0.15) is 0 Å². The molecule has 0 bridgehead atoms. The van der Waals surface area contributed by atoms with Crippen molar-refractivity contribution in [2.75, 3.05) is 31.4 Å². The molecular weight excluding hydrogens is 278 g/mol. The summed E-state index contributed by atoms with van der Waals surface area (Å²) in [6, 6.07) is 6.91. The Balaban J connectivity index is 2.30. The Morgan fingerprint density at radius 2 is 2.05 bits per heavy atom. The van der Waals surface area contributed by atoms with E-state index >= 15 is 0 Å². The zero-order chi connectivity index (χ0) is 14.8. The maximum absolute atomic E-state index is 11.8. The lowest BCUT2D eigenvalue weighted by Crippen LogP contribution is -2.39. The predicted molar refractivity (Wildman–Crippen MR) is 76.5 cm³/mol. The summed E-state index contributed by atoms with van der Waals surface area (Å²) in [5.41, 5.74) is 0.670. The maximum Gasteiger partial charge on any atom is 0.310 e. The van der Waals surface area contributed by atoms with Crippen LogP contribution < -0.4 is 4.90 Å². The molecule has 1 aliphatic rings. The number of carbonyl (C=O) groups excluding carboxylic acids is 1. The minimum atomic E-state index is -3.28. The second-order valence-electron chi connectivity index (χ2n) is 5.05. The topological polar surface area (TPSA) is 63.7 Å². The van der Waals surface area contributed by atoms with Gasteiger partial charge in [-0.2, -0.15) is 0 Å². The zero-order valence-corrected chi connectivity index (χ0v) is 12.5. The molecule has 0 saturated carbocycles. The minimum Gasteiger partial charge on any atom is -0.469 e. The molecule has 6 heteroatoms. The molecule has 0 aliphatic carbocycles. The number of methoxy groups -OCH3 is 1. The van der Waals surface area contributed by atoms with Crippen molar-refractivity contribution in [3.8, 4) is 0 Å². The summed E-state index contributed by atoms with van der Waals surface area (Å²) in [6.07, 6.45) is 2.83. The van der Waals surface area contributed by atoms with E-state index < -0.39 is 9.84 Å². The standard InChI is InChI=1S/C14H19NO4S/c1-19-14(16)11-6-5-9-15(10-11)12-7-3-4-8-13(12)20(2,17)18/h3-4,7-8,11H,5-6,9-10H2,1-2H3. The van der Waals surface area contributed by atoms with E-state index in [-0.39, 0.29) is 11.9 Å². The van der Waals surface area contributed by atoms with Crippen molar-refractivity contribution in [1.29, 1.82) is 0 Å². The summed E-state index contributed by atoms with van der Waals surface area (Å²) in [4.78, 5) is 13.9. The van der Waals surface area contributed by atoms with Gasteiger partial charge in [-0.05, 0) is 25.0 Å². The molecule has 1 aliphatic heterocycles. The Kier molecular flexibility index (Phi) is 4.32. The molecular formula is C14H19NO4S. The van der Waals surface area contributed by atoms with Gasteiger partial charge in [0.25, 0.3) is 0 Å². The van der Waals surface area contributed by atoms with Crippen LogP contribution in [0.4, 0.5) is 5.69 Å². The molecule has 0 aromatic heterocycles. The smallest absolute Gasteiger partial charge is 0.310 e. The van der Waals surface area contributed by atoms with Crippen molar-refractivity contribution < 1.29 is 17.9 Å². The van der Waals surface area contributed by atoms with E-state index in [9.17, 15) is 13.2 Å². The molecule has 0 radical (unpaired) electrons. The van der Waals surface area contributed by atoms with Crippen molar-refractivity contribution in [3.05, 3.63) is 24.3 Å². The van der Waals surface area contributed by atoms with Gasteiger partial charge in [0.2, 0.25) is 0 Å². The number of rotatable bonds is 3. The molecule has 2 rings (SSSR count). The van der Waals surface area contributed by atoms with Crippen molar-refractivity contribution in [2.45, 2.75) is 17.7 Å². The average Bonchev–Trinajstić information content (AvgIpc) is 2.45. The SMILES string of the molecule is COC(=O)C1CCCN(c2ccccc2S(C)(=O)=O)C1. The highest BCUT2D eigenvalue weighted by Gasteiger charge is 2.28. The number of carbonyl (C=O) groups is 1. The summed E-state index contributed by atoms with van der Waals surface area (Å²) in [5.74, 6) is -0.423. The summed E-state index contributed by atoms with van der Waals surface area (Å²) in [6.45, 7) is 1.25. The van der Waals surface area contributed by atoms with E-state index in [1.54, 1.807) is 18.2 Å². The lowest BCUT2D eigenvalue weighted by Gasteiger charge is -2.34. The highest BCUT2D eigenvalue weighted by molar-refractivity contribution is 7.90. The van der Waals surface area contributed by atoms with Gasteiger partial charge in [-0.15, -0.1) is 0 Å². The molecule has 1 fully saturated rings. The highest BCUT2D eigenvalue weighted by Crippen LogP contribution is 2.29. The van der Waals surface area contributed by atoms with Crippen molar-refractivity contribution in [2.24, 2.45) is 5.92 Å². The van der Waals surface area contributed by atoms with E-state index in [1.165, 1.54) is 13.4 Å². The lowest BCUT2D eigenvalue weighted by molar-refractivity contribution is -0.145. The van der Waals surface area contributed by atoms with Gasteiger partial charge in [-0.3, -0.25) is 4.79 Å². The van der Waals surface area contributed by atoms with Crippen LogP contribution >= 0.6 is 0 Å². The molecule has 0 N–H and O–H groups in total. The molecule has 0 spiro atoms. The Morgan fingerprint density at radius 3 is 2.70 bits per heavy atom. The number of anilines is 1. The molecule has 1 aromatic carbocycles. The first kappa shape index (κ1) is 14.8. The number of para-hydroxylation sites is 1. The fraction of sp³-hybridized carbons (Fsp3) is 0.500. The van der Waals surface area contributed by atoms with Gasteiger partial charge >= 0.3 is 5.97 Å². The van der Waals surface area contributed by atoms with Crippen molar-refractivity contribution >= 4 is 21.5 Å². The van der Waals surface area contributed by atoms with E-state index in [2.05, 4.69) is 0 Å². The largest absolute Gasteiger partial charge is 0.469 e. The number of hydrogen-bond acceptors (Lipinski definition) is 5. The van der Waals surface area contributed by atoms with Gasteiger partial charge < -0.3 is 9.64 Å². The summed E-state index contributed by atoms with van der Waals surface area (Å²) in [7, 11) is -1.90. The van der Waals surface area contributed by atoms with Crippen LogP contribution in [-0.2, 0) is 19.4 Å². The number of piperidine rings is 1. The van der Waals surface area contributed by atoms with Crippen LogP contribution in [0.3, 0.4) is 0 Å². The van der Waals surface area contributed by atoms with Gasteiger partial charge in [0.15, 0.2) is 9.84 Å². The first-order chi connectivity index (χ1) is 9.43. The Bertz CT molecular complexity index is 597. The first-order valence-corrected chi connectivity index (χ1v) is 8.44. The molecule has 0 amide bonds. The Morgan fingerprint density at radius 1 is 1.35 bits per heavy atom. The van der Waals surface area contributed by atoms with Crippen molar-refractivity contribution in [3.63, 3.8) is 0 Å². The molecule has 1 atom stereocenters. The Hall–Kier alpha value is -1.56. The van der Waals surface area contributed by atoms with Crippen LogP contribution in [0.1, 0.15) is 12.8 Å². The van der Waals surface area contributed by atoms with Gasteiger partial charge in [0, 0.05) is 19.3 Å². The van der Waals surface area contributed by atoms with Crippen LogP contribution in [-0.4, -0.2) is 40.8 Å². The van der Waals surface area contributed by atoms with Crippen LogP contribution in [0.2, 0.25) is 0 Å². The quantitative estimate of drug-likeness (QED) is 0.791. The molecule has 1 saturated heterocycles. The number of ether oxygens (including phenoxy) is 1. The molecule has 5 nitrogen and oxygen atoms in total. The second-order valence-corrected chi connectivity index (χ2v) is 7.03. The fourth-order valence-electron chi connectivity index (χ4n) is 2.59. The fourth-order valence-corrected chi connectivity index (χ4v) is 3.49. The number of benzene rings is 1. The molecule has 20 heavy (non-hydrogen) atoms. The lowest BCUT2D eigenvalue weighted by atomic mass is 9.98. The van der Waals surface area contributed by atoms with Crippen LogP contribution in [0.25, 0.3) is 0 Å². The molecule has 1 aromatic rings. The van der Waals surface area contributed by atoms with Gasteiger partial charge in [-0.25, -0.2) is 8.42 Å². The second kappa shape index (κ2) is 5.83. The summed E-state index contributed by atoms with van der Waals surface area (Å²) < 4.78 is 28.5.